The topological polar surface area (TPSA) is 38.8 Å². The van der Waals surface area contributed by atoms with E-state index in [1.807, 2.05) is 20.8 Å². The predicted molar refractivity (Wildman–Crippen MR) is 53.1 cm³/mol. The summed E-state index contributed by atoms with van der Waals surface area (Å²) in [6, 6.07) is 0. The maximum atomic E-state index is 11.3. The van der Waals surface area contributed by atoms with Gasteiger partial charge in [-0.05, 0) is 20.8 Å². The van der Waals surface area contributed by atoms with E-state index in [9.17, 15) is 4.79 Å². The zero-order valence-electron chi connectivity index (χ0n) is 9.21. The van der Waals surface area contributed by atoms with Crippen LogP contribution in [0.5, 0.6) is 0 Å². The molecular weight excluding hydrogens is 182 g/mol. The maximum Gasteiger partial charge on any atom is 0.248 e. The standard InChI is InChI=1S/C10H19NO3/c1-10(2,3)14-7-5-11-4-6-13-8-9(11)12/h4-8H2,1-3H3. The summed E-state index contributed by atoms with van der Waals surface area (Å²) in [4.78, 5) is 13.1. The molecule has 14 heavy (non-hydrogen) atoms. The minimum Gasteiger partial charge on any atom is -0.374 e. The Morgan fingerprint density at radius 1 is 1.50 bits per heavy atom. The van der Waals surface area contributed by atoms with Crippen LogP contribution in [0.15, 0.2) is 0 Å². The van der Waals surface area contributed by atoms with Gasteiger partial charge in [-0.3, -0.25) is 4.79 Å². The first kappa shape index (κ1) is 11.5. The molecule has 0 aliphatic carbocycles. The van der Waals surface area contributed by atoms with Gasteiger partial charge in [0.05, 0.1) is 18.8 Å². The molecule has 0 unspecified atom stereocenters. The van der Waals surface area contributed by atoms with Gasteiger partial charge in [-0.1, -0.05) is 0 Å². The Labute approximate surface area is 85.2 Å². The molecule has 82 valence electrons. The van der Waals surface area contributed by atoms with Crippen molar-refractivity contribution in [2.24, 2.45) is 0 Å². The molecular formula is C10H19NO3. The highest BCUT2D eigenvalue weighted by atomic mass is 16.5. The summed E-state index contributed by atoms with van der Waals surface area (Å²) in [6.45, 7) is 8.83. The molecule has 4 heteroatoms. The Kier molecular flexibility index (Phi) is 3.89. The average molecular weight is 201 g/mol. The highest BCUT2D eigenvalue weighted by molar-refractivity contribution is 5.77. The molecule has 1 fully saturated rings. The molecule has 1 aliphatic heterocycles. The summed E-state index contributed by atoms with van der Waals surface area (Å²) in [7, 11) is 0. The zero-order valence-corrected chi connectivity index (χ0v) is 9.21. The lowest BCUT2D eigenvalue weighted by molar-refractivity contribution is -0.144. The Morgan fingerprint density at radius 3 is 2.79 bits per heavy atom. The Bertz CT molecular complexity index is 198. The Morgan fingerprint density at radius 2 is 2.21 bits per heavy atom. The minimum atomic E-state index is -0.130. The second-order valence-electron chi connectivity index (χ2n) is 4.39. The van der Waals surface area contributed by atoms with Crippen LogP contribution in [0.3, 0.4) is 0 Å². The molecule has 4 nitrogen and oxygen atoms in total. The fourth-order valence-corrected chi connectivity index (χ4v) is 1.25. The van der Waals surface area contributed by atoms with E-state index < -0.39 is 0 Å². The summed E-state index contributed by atoms with van der Waals surface area (Å²) in [6.07, 6.45) is 0. The van der Waals surface area contributed by atoms with Crippen molar-refractivity contribution in [2.45, 2.75) is 26.4 Å². The van der Waals surface area contributed by atoms with Crippen molar-refractivity contribution in [3.05, 3.63) is 0 Å². The van der Waals surface area contributed by atoms with Gasteiger partial charge in [-0.15, -0.1) is 0 Å². The molecule has 1 saturated heterocycles. The third kappa shape index (κ3) is 4.07. The van der Waals surface area contributed by atoms with E-state index in [4.69, 9.17) is 9.47 Å². The molecule has 1 heterocycles. The number of rotatable bonds is 3. The number of hydrogen-bond donors (Lipinski definition) is 0. The van der Waals surface area contributed by atoms with E-state index in [1.165, 1.54) is 0 Å². The number of hydrogen-bond acceptors (Lipinski definition) is 3. The van der Waals surface area contributed by atoms with Crippen molar-refractivity contribution in [1.82, 2.24) is 4.90 Å². The van der Waals surface area contributed by atoms with Crippen LogP contribution in [0.2, 0.25) is 0 Å². The highest BCUT2D eigenvalue weighted by Gasteiger charge is 2.19. The third-order valence-corrected chi connectivity index (χ3v) is 1.98. The smallest absolute Gasteiger partial charge is 0.248 e. The van der Waals surface area contributed by atoms with Gasteiger partial charge in [0, 0.05) is 13.1 Å². The molecule has 0 radical (unpaired) electrons. The van der Waals surface area contributed by atoms with E-state index in [2.05, 4.69) is 0 Å². The second kappa shape index (κ2) is 4.75. The van der Waals surface area contributed by atoms with E-state index in [1.54, 1.807) is 4.90 Å². The first-order chi connectivity index (χ1) is 6.49. The molecule has 0 aromatic rings. The lowest BCUT2D eigenvalue weighted by Gasteiger charge is -2.28. The fraction of sp³-hybridized carbons (Fsp3) is 0.900. The lowest BCUT2D eigenvalue weighted by Crippen LogP contribution is -2.43. The van der Waals surface area contributed by atoms with Crippen molar-refractivity contribution >= 4 is 5.91 Å². The van der Waals surface area contributed by atoms with E-state index in [0.717, 1.165) is 0 Å². The number of carbonyl (C=O) groups is 1. The van der Waals surface area contributed by atoms with Crippen molar-refractivity contribution in [2.75, 3.05) is 32.9 Å². The van der Waals surface area contributed by atoms with Crippen LogP contribution < -0.4 is 0 Å². The molecule has 0 atom stereocenters. The normalized spacial score (nSPS) is 18.8. The summed E-state index contributed by atoms with van der Waals surface area (Å²) in [5.41, 5.74) is -0.130. The van der Waals surface area contributed by atoms with Gasteiger partial charge in [0.15, 0.2) is 0 Å². The summed E-state index contributed by atoms with van der Waals surface area (Å²) < 4.78 is 10.6. The summed E-state index contributed by atoms with van der Waals surface area (Å²) in [5.74, 6) is 0.0637. The van der Waals surface area contributed by atoms with Crippen molar-refractivity contribution in [1.29, 1.82) is 0 Å². The monoisotopic (exact) mass is 201 g/mol. The van der Waals surface area contributed by atoms with Gasteiger partial charge in [0.25, 0.3) is 0 Å². The summed E-state index contributed by atoms with van der Waals surface area (Å²) in [5, 5.41) is 0. The van der Waals surface area contributed by atoms with Gasteiger partial charge in [-0.25, -0.2) is 0 Å². The van der Waals surface area contributed by atoms with E-state index in [0.29, 0.717) is 26.3 Å². The van der Waals surface area contributed by atoms with Crippen molar-refractivity contribution in [3.63, 3.8) is 0 Å². The van der Waals surface area contributed by atoms with E-state index >= 15 is 0 Å². The molecule has 0 bridgehead atoms. The summed E-state index contributed by atoms with van der Waals surface area (Å²) >= 11 is 0. The van der Waals surface area contributed by atoms with Crippen LogP contribution in [0.1, 0.15) is 20.8 Å². The average Bonchev–Trinajstić information content (AvgIpc) is 2.06. The molecule has 0 saturated carbocycles. The molecule has 1 rings (SSSR count). The number of ether oxygens (including phenoxy) is 2. The molecule has 1 aliphatic rings. The third-order valence-electron chi connectivity index (χ3n) is 1.98. The SMILES string of the molecule is CC(C)(C)OCCN1CCOCC1=O. The maximum absolute atomic E-state index is 11.3. The Hall–Kier alpha value is -0.610. The number of morpholine rings is 1. The van der Waals surface area contributed by atoms with Gasteiger partial charge in [0.1, 0.15) is 6.61 Å². The number of amides is 1. The van der Waals surface area contributed by atoms with Crippen molar-refractivity contribution < 1.29 is 14.3 Å². The number of nitrogens with zero attached hydrogens (tertiary/aromatic N) is 1. The van der Waals surface area contributed by atoms with Crippen LogP contribution >= 0.6 is 0 Å². The van der Waals surface area contributed by atoms with Crippen LogP contribution in [-0.2, 0) is 14.3 Å². The lowest BCUT2D eigenvalue weighted by atomic mass is 10.2. The highest BCUT2D eigenvalue weighted by Crippen LogP contribution is 2.07. The number of carbonyl (C=O) groups excluding carboxylic acids is 1. The zero-order chi connectivity index (χ0) is 10.6. The van der Waals surface area contributed by atoms with E-state index in [-0.39, 0.29) is 18.1 Å². The van der Waals surface area contributed by atoms with Crippen LogP contribution in [0.25, 0.3) is 0 Å². The fourth-order valence-electron chi connectivity index (χ4n) is 1.25. The second-order valence-corrected chi connectivity index (χ2v) is 4.39. The molecule has 0 spiro atoms. The van der Waals surface area contributed by atoms with Gasteiger partial charge in [-0.2, -0.15) is 0 Å². The molecule has 0 aromatic carbocycles. The van der Waals surface area contributed by atoms with Crippen LogP contribution in [0, 0.1) is 0 Å². The largest absolute Gasteiger partial charge is 0.374 e. The first-order valence-corrected chi connectivity index (χ1v) is 4.98. The van der Waals surface area contributed by atoms with Crippen molar-refractivity contribution in [3.8, 4) is 0 Å². The van der Waals surface area contributed by atoms with Gasteiger partial charge < -0.3 is 14.4 Å². The molecule has 0 N–H and O–H groups in total. The minimum absolute atomic E-state index is 0.0637. The van der Waals surface area contributed by atoms with Crippen LogP contribution in [-0.4, -0.2) is 49.3 Å². The first-order valence-electron chi connectivity index (χ1n) is 4.98. The van der Waals surface area contributed by atoms with Crippen LogP contribution in [0.4, 0.5) is 0 Å². The molecule has 1 amide bonds. The van der Waals surface area contributed by atoms with Gasteiger partial charge in [0.2, 0.25) is 5.91 Å². The Balaban J connectivity index is 2.20. The van der Waals surface area contributed by atoms with Gasteiger partial charge >= 0.3 is 0 Å². The predicted octanol–water partition coefficient (Wildman–Crippen LogP) is 0.660. The molecule has 0 aromatic heterocycles. The quantitative estimate of drug-likeness (QED) is 0.673.